The minimum absolute atomic E-state index is 0. The fourth-order valence-electron chi connectivity index (χ4n) is 6.42. The number of hydrogen-bond acceptors (Lipinski definition) is 3. The van der Waals surface area contributed by atoms with Crippen LogP contribution in [0.4, 0.5) is 0 Å². The topological polar surface area (TPSA) is 50.2 Å². The van der Waals surface area contributed by atoms with Crippen LogP contribution in [0, 0.1) is 17.9 Å². The van der Waals surface area contributed by atoms with Crippen LogP contribution in [-0.2, 0) is 35.7 Å². The van der Waals surface area contributed by atoms with E-state index in [1.807, 2.05) is 33.8 Å². The predicted molar refractivity (Wildman–Crippen MR) is 178 cm³/mol. The van der Waals surface area contributed by atoms with E-state index in [1.165, 1.54) is 38.9 Å². The zero-order valence-electron chi connectivity index (χ0n) is 27.4. The second kappa shape index (κ2) is 13.9. The normalized spacial score (nSPS) is 13.9. The van der Waals surface area contributed by atoms with Gasteiger partial charge in [0, 0.05) is 48.8 Å². The molecule has 1 heterocycles. The molecule has 1 aliphatic rings. The van der Waals surface area contributed by atoms with Gasteiger partial charge < -0.3 is 5.11 Å². The van der Waals surface area contributed by atoms with Crippen LogP contribution in [0.5, 0.6) is 0 Å². The van der Waals surface area contributed by atoms with Gasteiger partial charge in [-0.25, -0.2) is 0 Å². The number of rotatable bonds is 7. The molecular weight excluding hydrogens is 707 g/mol. The summed E-state index contributed by atoms with van der Waals surface area (Å²) in [7, 11) is 0. The SMILES string of the molecule is CC(C)(C)c1cccc2nc3c(cc12)C(C)(C)c1cccc2cc[c-]c-3c12.CCC(CC)C(=O)/C=C(\O)C(CC)CC.[Ir]. The van der Waals surface area contributed by atoms with E-state index in [-0.39, 0.29) is 54.3 Å². The first kappa shape index (κ1) is 34.7. The van der Waals surface area contributed by atoms with Gasteiger partial charge in [-0.2, -0.15) is 0 Å². The minimum Gasteiger partial charge on any atom is -0.512 e. The number of carbonyl (C=O) groups excluding carboxylic acids is 1. The van der Waals surface area contributed by atoms with Gasteiger partial charge in [-0.1, -0.05) is 115 Å². The number of aliphatic hydroxyl groups is 1. The molecule has 3 nitrogen and oxygen atoms in total. The molecule has 0 saturated heterocycles. The number of allylic oxidation sites excluding steroid dienone is 2. The van der Waals surface area contributed by atoms with Gasteiger partial charge in [0.2, 0.25) is 0 Å². The summed E-state index contributed by atoms with van der Waals surface area (Å²) in [4.78, 5) is 16.9. The van der Waals surface area contributed by atoms with Crippen molar-refractivity contribution in [1.82, 2.24) is 4.98 Å². The number of aromatic nitrogens is 1. The molecule has 0 aliphatic heterocycles. The Morgan fingerprint density at radius 2 is 1.56 bits per heavy atom. The summed E-state index contributed by atoms with van der Waals surface area (Å²) in [6.45, 7) is 19.5. The Morgan fingerprint density at radius 3 is 2.16 bits per heavy atom. The van der Waals surface area contributed by atoms with E-state index in [0.717, 1.165) is 42.5 Å². The Kier molecular flexibility index (Phi) is 11.2. The van der Waals surface area contributed by atoms with Crippen molar-refractivity contribution in [1.29, 1.82) is 0 Å². The maximum Gasteiger partial charge on any atom is 0.162 e. The second-order valence-electron chi connectivity index (χ2n) is 13.3. The zero-order chi connectivity index (χ0) is 30.8. The van der Waals surface area contributed by atoms with Crippen molar-refractivity contribution in [2.45, 2.75) is 98.8 Å². The summed E-state index contributed by atoms with van der Waals surface area (Å²) in [6, 6.07) is 23.2. The molecule has 1 aromatic heterocycles. The van der Waals surface area contributed by atoms with Crippen LogP contribution in [0.2, 0.25) is 0 Å². The standard InChI is InChI=1S/C26H24N.C13H24O2.Ir/c1-25(2,3)19-12-8-14-22-18(19)15-21-24(27-22)17-11-6-9-16-10-7-13-20(23(16)17)26(21,4)5;1-5-10(6-2)12(14)9-13(15)11(7-3)8-4;/h6-10,12-15H,1-5H3;9-11,14H,5-8H2,1-4H3;/q-1;;/b;12-9-;. The fraction of sp³-hybridized carbons (Fsp3) is 0.436. The van der Waals surface area contributed by atoms with Crippen molar-refractivity contribution in [2.75, 3.05) is 0 Å². The number of carbonyl (C=O) groups is 1. The molecule has 0 saturated carbocycles. The van der Waals surface area contributed by atoms with E-state index in [0.29, 0.717) is 0 Å². The first-order valence-electron chi connectivity index (χ1n) is 15.7. The number of hydrogen-bond donors (Lipinski definition) is 1. The molecule has 4 aromatic rings. The fourth-order valence-corrected chi connectivity index (χ4v) is 6.42. The minimum atomic E-state index is -0.0940. The third-order valence-electron chi connectivity index (χ3n) is 9.17. The largest absolute Gasteiger partial charge is 0.512 e. The van der Waals surface area contributed by atoms with Crippen molar-refractivity contribution in [3.05, 3.63) is 89.2 Å². The monoisotopic (exact) mass is 755 g/mol. The van der Waals surface area contributed by atoms with Gasteiger partial charge in [-0.15, -0.1) is 29.1 Å². The average Bonchev–Trinajstić information content (AvgIpc) is 2.96. The first-order valence-corrected chi connectivity index (χ1v) is 15.7. The second-order valence-corrected chi connectivity index (χ2v) is 13.3. The molecule has 0 atom stereocenters. The Morgan fingerprint density at radius 1 is 0.930 bits per heavy atom. The van der Waals surface area contributed by atoms with E-state index in [2.05, 4.69) is 89.2 Å². The van der Waals surface area contributed by atoms with Gasteiger partial charge in [-0.05, 0) is 48.4 Å². The summed E-state index contributed by atoms with van der Waals surface area (Å²) >= 11 is 0. The van der Waals surface area contributed by atoms with Crippen LogP contribution < -0.4 is 0 Å². The van der Waals surface area contributed by atoms with Crippen molar-refractivity contribution in [3.63, 3.8) is 0 Å². The molecule has 1 radical (unpaired) electrons. The van der Waals surface area contributed by atoms with Crippen molar-refractivity contribution >= 4 is 27.5 Å². The van der Waals surface area contributed by atoms with Gasteiger partial charge in [0.15, 0.2) is 5.78 Å². The summed E-state index contributed by atoms with van der Waals surface area (Å²) < 4.78 is 0. The van der Waals surface area contributed by atoms with Gasteiger partial charge in [0.25, 0.3) is 0 Å². The Balaban J connectivity index is 0.000000274. The molecule has 3 aromatic carbocycles. The van der Waals surface area contributed by atoms with E-state index in [9.17, 15) is 9.90 Å². The Labute approximate surface area is 272 Å². The maximum atomic E-state index is 11.7. The number of benzene rings is 3. The third kappa shape index (κ3) is 6.81. The molecule has 231 valence electrons. The third-order valence-corrected chi connectivity index (χ3v) is 9.17. The average molecular weight is 755 g/mol. The van der Waals surface area contributed by atoms with E-state index in [1.54, 1.807) is 0 Å². The van der Waals surface area contributed by atoms with E-state index in [4.69, 9.17) is 4.98 Å². The summed E-state index contributed by atoms with van der Waals surface area (Å²) in [5, 5.41) is 13.6. The predicted octanol–water partition coefficient (Wildman–Crippen LogP) is 10.7. The van der Waals surface area contributed by atoms with Crippen LogP contribution in [0.3, 0.4) is 0 Å². The molecule has 1 N–H and O–H groups in total. The van der Waals surface area contributed by atoms with Gasteiger partial charge in [-0.3, -0.25) is 9.78 Å². The summed E-state index contributed by atoms with van der Waals surface area (Å²) in [5.74, 6) is 0.547. The van der Waals surface area contributed by atoms with Crippen LogP contribution in [-0.4, -0.2) is 15.9 Å². The molecule has 0 amide bonds. The van der Waals surface area contributed by atoms with Gasteiger partial charge in [0.1, 0.15) is 0 Å². The van der Waals surface area contributed by atoms with Crippen LogP contribution in [0.25, 0.3) is 32.9 Å². The van der Waals surface area contributed by atoms with Crippen LogP contribution in [0.15, 0.2) is 66.4 Å². The number of ketones is 1. The molecule has 5 rings (SSSR count). The van der Waals surface area contributed by atoms with Gasteiger partial charge >= 0.3 is 0 Å². The molecule has 0 bridgehead atoms. The van der Waals surface area contributed by atoms with Crippen molar-refractivity contribution < 1.29 is 30.0 Å². The summed E-state index contributed by atoms with van der Waals surface area (Å²) in [5.41, 5.74) is 7.31. The molecule has 43 heavy (non-hydrogen) atoms. The molecule has 1 aliphatic carbocycles. The number of aliphatic hydroxyl groups excluding tert-OH is 1. The van der Waals surface area contributed by atoms with E-state index >= 15 is 0 Å². The maximum absolute atomic E-state index is 11.7. The number of pyridine rings is 1. The number of nitrogens with zero attached hydrogens (tertiary/aromatic N) is 1. The first-order chi connectivity index (χ1) is 19.9. The molecular formula is C39H48IrNO2-. The summed E-state index contributed by atoms with van der Waals surface area (Å²) in [6.07, 6.45) is 4.91. The number of fused-ring (bicyclic) bond motifs is 3. The molecule has 0 unspecified atom stereocenters. The van der Waals surface area contributed by atoms with E-state index < -0.39 is 0 Å². The quantitative estimate of drug-likeness (QED) is 0.116. The molecule has 0 fully saturated rings. The van der Waals surface area contributed by atoms with Crippen molar-refractivity contribution in [2.24, 2.45) is 11.8 Å². The zero-order valence-corrected chi connectivity index (χ0v) is 29.8. The van der Waals surface area contributed by atoms with Crippen molar-refractivity contribution in [3.8, 4) is 11.3 Å². The molecule has 0 spiro atoms. The van der Waals surface area contributed by atoms with Gasteiger partial charge in [0.05, 0.1) is 11.3 Å². The van der Waals surface area contributed by atoms with Crippen LogP contribution in [0.1, 0.15) is 105 Å². The molecule has 4 heteroatoms. The smallest absolute Gasteiger partial charge is 0.162 e. The Bertz CT molecular complexity index is 1610. The van der Waals surface area contributed by atoms with Crippen LogP contribution >= 0.6 is 0 Å². The Hall–Kier alpha value is -2.81.